The van der Waals surface area contributed by atoms with Crippen LogP contribution in [0.2, 0.25) is 0 Å². The molecule has 1 heterocycles. The Morgan fingerprint density at radius 3 is 2.47 bits per heavy atom. The molecule has 0 aromatic carbocycles. The highest BCUT2D eigenvalue weighted by atomic mass is 15.2. The first-order chi connectivity index (χ1) is 9.40. The van der Waals surface area contributed by atoms with E-state index in [9.17, 15) is 0 Å². The minimum absolute atomic E-state index is 0.925. The number of rotatable bonds is 10. The number of unbranched alkanes of at least 4 members (excludes halogenated alkanes) is 5. The molecule has 0 aromatic heterocycles. The van der Waals surface area contributed by atoms with E-state index in [-0.39, 0.29) is 0 Å². The van der Waals surface area contributed by atoms with Crippen molar-refractivity contribution in [3.63, 3.8) is 0 Å². The molecular weight excluding hydrogens is 232 g/mol. The van der Waals surface area contributed by atoms with E-state index in [2.05, 4.69) is 17.1 Å². The van der Waals surface area contributed by atoms with Crippen molar-refractivity contribution in [2.75, 3.05) is 26.2 Å². The van der Waals surface area contributed by atoms with E-state index >= 15 is 0 Å². The lowest BCUT2D eigenvalue weighted by atomic mass is 9.99. The molecule has 19 heavy (non-hydrogen) atoms. The van der Waals surface area contributed by atoms with Crippen molar-refractivity contribution >= 4 is 0 Å². The van der Waals surface area contributed by atoms with Gasteiger partial charge in [0, 0.05) is 12.6 Å². The molecule has 2 rings (SSSR count). The molecule has 112 valence electrons. The summed E-state index contributed by atoms with van der Waals surface area (Å²) in [6.07, 6.45) is 14.4. The normalized spacial score (nSPS) is 24.0. The highest BCUT2D eigenvalue weighted by Crippen LogP contribution is 2.28. The van der Waals surface area contributed by atoms with Crippen molar-refractivity contribution in [1.82, 2.24) is 10.2 Å². The Morgan fingerprint density at radius 2 is 1.79 bits per heavy atom. The van der Waals surface area contributed by atoms with Gasteiger partial charge in [0.2, 0.25) is 0 Å². The Bertz CT molecular complexity index is 219. The lowest BCUT2D eigenvalue weighted by molar-refractivity contribution is 0.196. The van der Waals surface area contributed by atoms with Gasteiger partial charge in [-0.05, 0) is 57.7 Å². The fourth-order valence-corrected chi connectivity index (χ4v) is 3.37. The minimum Gasteiger partial charge on any atom is -0.316 e. The van der Waals surface area contributed by atoms with E-state index in [0.717, 1.165) is 12.0 Å². The van der Waals surface area contributed by atoms with Crippen LogP contribution in [0, 0.1) is 5.92 Å². The Morgan fingerprint density at radius 1 is 1.00 bits per heavy atom. The van der Waals surface area contributed by atoms with Gasteiger partial charge in [0.15, 0.2) is 0 Å². The third-order valence-electron chi connectivity index (χ3n) is 4.75. The summed E-state index contributed by atoms with van der Waals surface area (Å²) >= 11 is 0. The molecule has 1 atom stereocenters. The molecule has 0 radical (unpaired) electrons. The smallest absolute Gasteiger partial charge is 0.00965 e. The summed E-state index contributed by atoms with van der Waals surface area (Å²) in [6.45, 7) is 7.55. The monoisotopic (exact) mass is 266 g/mol. The van der Waals surface area contributed by atoms with Crippen LogP contribution in [0.5, 0.6) is 0 Å². The highest BCUT2D eigenvalue weighted by molar-refractivity contribution is 4.86. The van der Waals surface area contributed by atoms with E-state index in [0.29, 0.717) is 0 Å². The van der Waals surface area contributed by atoms with Gasteiger partial charge in [-0.2, -0.15) is 0 Å². The molecule has 1 saturated heterocycles. The van der Waals surface area contributed by atoms with Crippen molar-refractivity contribution in [1.29, 1.82) is 0 Å². The SMILES string of the molecule is CCCCCCCCN(CC1CCCNC1)C1CC1. The van der Waals surface area contributed by atoms with Crippen molar-refractivity contribution in [2.24, 2.45) is 5.92 Å². The summed E-state index contributed by atoms with van der Waals surface area (Å²) in [4.78, 5) is 2.82. The minimum atomic E-state index is 0.925. The van der Waals surface area contributed by atoms with E-state index in [1.165, 1.54) is 90.4 Å². The van der Waals surface area contributed by atoms with Crippen molar-refractivity contribution in [3.05, 3.63) is 0 Å². The first-order valence-electron chi connectivity index (χ1n) is 8.85. The summed E-state index contributed by atoms with van der Waals surface area (Å²) in [5.74, 6) is 0.925. The second-order valence-corrected chi connectivity index (χ2v) is 6.71. The Hall–Kier alpha value is -0.0800. The van der Waals surface area contributed by atoms with Crippen LogP contribution in [0.25, 0.3) is 0 Å². The maximum absolute atomic E-state index is 3.56. The van der Waals surface area contributed by atoms with Crippen LogP contribution in [0.15, 0.2) is 0 Å². The third-order valence-corrected chi connectivity index (χ3v) is 4.75. The standard InChI is InChI=1S/C17H34N2/c1-2-3-4-5-6-7-13-19(17-10-11-17)15-16-9-8-12-18-14-16/h16-18H,2-15H2,1H3. The molecule has 2 aliphatic rings. The van der Waals surface area contributed by atoms with Gasteiger partial charge in [0.25, 0.3) is 0 Å². The van der Waals surface area contributed by atoms with Crippen LogP contribution in [0.1, 0.15) is 71.1 Å². The van der Waals surface area contributed by atoms with Crippen LogP contribution in [-0.4, -0.2) is 37.1 Å². The first-order valence-corrected chi connectivity index (χ1v) is 8.85. The average Bonchev–Trinajstić information content (AvgIpc) is 3.27. The number of hydrogen-bond acceptors (Lipinski definition) is 2. The number of piperidine rings is 1. The van der Waals surface area contributed by atoms with E-state index in [1.54, 1.807) is 0 Å². The second kappa shape index (κ2) is 8.97. The predicted octanol–water partition coefficient (Wildman–Crippen LogP) is 3.81. The summed E-state index contributed by atoms with van der Waals surface area (Å²) in [6, 6.07) is 0.956. The van der Waals surface area contributed by atoms with Gasteiger partial charge in [-0.3, -0.25) is 0 Å². The van der Waals surface area contributed by atoms with Crippen LogP contribution in [0.3, 0.4) is 0 Å². The summed E-state index contributed by atoms with van der Waals surface area (Å²) < 4.78 is 0. The molecule has 1 saturated carbocycles. The predicted molar refractivity (Wildman–Crippen MR) is 83.6 cm³/mol. The molecule has 2 heteroatoms. The van der Waals surface area contributed by atoms with E-state index in [1.807, 2.05) is 0 Å². The zero-order valence-electron chi connectivity index (χ0n) is 13.0. The molecule has 2 fully saturated rings. The van der Waals surface area contributed by atoms with Gasteiger partial charge >= 0.3 is 0 Å². The van der Waals surface area contributed by atoms with Crippen molar-refractivity contribution in [2.45, 2.75) is 77.2 Å². The fourth-order valence-electron chi connectivity index (χ4n) is 3.37. The number of nitrogens with one attached hydrogen (secondary N) is 1. The van der Waals surface area contributed by atoms with E-state index in [4.69, 9.17) is 0 Å². The highest BCUT2D eigenvalue weighted by Gasteiger charge is 2.30. The number of hydrogen-bond donors (Lipinski definition) is 1. The molecule has 1 aliphatic heterocycles. The molecule has 1 aliphatic carbocycles. The maximum Gasteiger partial charge on any atom is 0.00965 e. The largest absolute Gasteiger partial charge is 0.316 e. The quantitative estimate of drug-likeness (QED) is 0.605. The molecule has 0 bridgehead atoms. The van der Waals surface area contributed by atoms with E-state index < -0.39 is 0 Å². The lowest BCUT2D eigenvalue weighted by Crippen LogP contribution is -2.39. The average molecular weight is 266 g/mol. The van der Waals surface area contributed by atoms with Crippen LogP contribution in [-0.2, 0) is 0 Å². The molecule has 1 N–H and O–H groups in total. The van der Waals surface area contributed by atoms with Gasteiger partial charge in [-0.25, -0.2) is 0 Å². The second-order valence-electron chi connectivity index (χ2n) is 6.71. The van der Waals surface area contributed by atoms with Crippen molar-refractivity contribution in [3.8, 4) is 0 Å². The molecule has 1 unspecified atom stereocenters. The fraction of sp³-hybridized carbons (Fsp3) is 1.00. The zero-order valence-corrected chi connectivity index (χ0v) is 13.0. The topological polar surface area (TPSA) is 15.3 Å². The lowest BCUT2D eigenvalue weighted by Gasteiger charge is -2.30. The first kappa shape index (κ1) is 15.3. The Kier molecular flexibility index (Phi) is 7.23. The molecule has 2 nitrogen and oxygen atoms in total. The van der Waals surface area contributed by atoms with Gasteiger partial charge in [0.1, 0.15) is 0 Å². The molecular formula is C17H34N2. The van der Waals surface area contributed by atoms with Crippen LogP contribution >= 0.6 is 0 Å². The van der Waals surface area contributed by atoms with Gasteiger partial charge in [-0.1, -0.05) is 39.0 Å². The van der Waals surface area contributed by atoms with Gasteiger partial charge in [-0.15, -0.1) is 0 Å². The summed E-state index contributed by atoms with van der Waals surface area (Å²) in [5, 5.41) is 3.56. The van der Waals surface area contributed by atoms with Crippen molar-refractivity contribution < 1.29 is 0 Å². The summed E-state index contributed by atoms with van der Waals surface area (Å²) in [5.41, 5.74) is 0. The third kappa shape index (κ3) is 6.27. The zero-order chi connectivity index (χ0) is 13.3. The maximum atomic E-state index is 3.56. The molecule has 0 aromatic rings. The molecule has 0 amide bonds. The van der Waals surface area contributed by atoms with Crippen LogP contribution < -0.4 is 5.32 Å². The van der Waals surface area contributed by atoms with Crippen LogP contribution in [0.4, 0.5) is 0 Å². The van der Waals surface area contributed by atoms with Gasteiger partial charge in [0.05, 0.1) is 0 Å². The van der Waals surface area contributed by atoms with Gasteiger partial charge < -0.3 is 10.2 Å². The Labute approximate surface area is 120 Å². The summed E-state index contributed by atoms with van der Waals surface area (Å²) in [7, 11) is 0. The Balaban J connectivity index is 1.57. The number of nitrogens with zero attached hydrogens (tertiary/aromatic N) is 1. The molecule has 0 spiro atoms.